The summed E-state index contributed by atoms with van der Waals surface area (Å²) in [6.45, 7) is 0. The highest BCUT2D eigenvalue weighted by Gasteiger charge is 2.24. The molecule has 52 heavy (non-hydrogen) atoms. The number of nitrogens with zero attached hydrogens (tertiary/aromatic N) is 3. The average molecular weight is 660 g/mol. The maximum absolute atomic E-state index is 5.42. The molecular weight excluding hydrogens is 631 g/mol. The predicted octanol–water partition coefficient (Wildman–Crippen LogP) is 12.9. The Bertz CT molecular complexity index is 3290. The molecule has 8 aromatic carbocycles. The summed E-state index contributed by atoms with van der Waals surface area (Å²) in [5.41, 5.74) is 13.2. The number of para-hydroxylation sites is 3. The van der Waals surface area contributed by atoms with Gasteiger partial charge >= 0.3 is 0 Å². The molecule has 0 amide bonds. The maximum atomic E-state index is 5.42. The van der Waals surface area contributed by atoms with Crippen LogP contribution in [-0.4, -0.2) is 14.1 Å². The van der Waals surface area contributed by atoms with Crippen LogP contribution >= 0.6 is 0 Å². The average Bonchev–Trinajstić information content (AvgIpc) is 3.84. The lowest BCUT2D eigenvalue weighted by Crippen LogP contribution is -1.98. The van der Waals surface area contributed by atoms with Crippen LogP contribution < -0.4 is 0 Å². The number of aromatic nitrogens is 3. The van der Waals surface area contributed by atoms with Gasteiger partial charge in [0, 0.05) is 38.2 Å². The van der Waals surface area contributed by atoms with E-state index in [0.717, 1.165) is 22.5 Å². The number of rotatable bonds is 3. The molecule has 0 fully saturated rings. The lowest BCUT2D eigenvalue weighted by Gasteiger charge is -2.11. The summed E-state index contributed by atoms with van der Waals surface area (Å²) in [7, 11) is 0. The van der Waals surface area contributed by atoms with Gasteiger partial charge < -0.3 is 4.57 Å². The van der Waals surface area contributed by atoms with Crippen LogP contribution in [0.2, 0.25) is 0 Å². The van der Waals surface area contributed by atoms with E-state index in [-0.39, 0.29) is 0 Å². The molecule has 0 saturated carbocycles. The maximum Gasteiger partial charge on any atom is 0.138 e. The quantitative estimate of drug-likeness (QED) is 0.185. The van der Waals surface area contributed by atoms with Gasteiger partial charge in [0.2, 0.25) is 0 Å². The summed E-state index contributed by atoms with van der Waals surface area (Å²) in [5.74, 6) is 0.946. The first-order valence-electron chi connectivity index (χ1n) is 17.9. The molecule has 0 spiro atoms. The van der Waals surface area contributed by atoms with Crippen LogP contribution in [0.4, 0.5) is 0 Å². The Morgan fingerprint density at radius 1 is 0.346 bits per heavy atom. The molecule has 3 heterocycles. The fourth-order valence-electron chi connectivity index (χ4n) is 8.99. The molecule has 1 aliphatic carbocycles. The minimum atomic E-state index is 0.946. The molecule has 12 rings (SSSR count). The van der Waals surface area contributed by atoms with Gasteiger partial charge in [-0.1, -0.05) is 121 Å². The molecule has 0 bridgehead atoms. The Morgan fingerprint density at radius 2 is 1.02 bits per heavy atom. The lowest BCUT2D eigenvalue weighted by molar-refractivity contribution is 1.09. The van der Waals surface area contributed by atoms with E-state index in [1.165, 1.54) is 87.6 Å². The second kappa shape index (κ2) is 10.3. The van der Waals surface area contributed by atoms with Gasteiger partial charge in [-0.25, -0.2) is 4.98 Å². The van der Waals surface area contributed by atoms with Crippen molar-refractivity contribution in [1.82, 2.24) is 14.1 Å². The molecule has 0 atom stereocenters. The summed E-state index contributed by atoms with van der Waals surface area (Å²) < 4.78 is 4.73. The summed E-state index contributed by atoms with van der Waals surface area (Å²) in [6, 6.07) is 64.1. The molecule has 0 saturated heterocycles. The van der Waals surface area contributed by atoms with Crippen molar-refractivity contribution in [2.75, 3.05) is 0 Å². The number of hydrogen-bond acceptors (Lipinski definition) is 1. The second-order valence-electron chi connectivity index (χ2n) is 13.9. The van der Waals surface area contributed by atoms with Gasteiger partial charge in [-0.2, -0.15) is 0 Å². The summed E-state index contributed by atoms with van der Waals surface area (Å²) >= 11 is 0. The number of fused-ring (bicyclic) bond motifs is 11. The van der Waals surface area contributed by atoms with Crippen molar-refractivity contribution >= 4 is 65.2 Å². The van der Waals surface area contributed by atoms with Crippen LogP contribution in [0.1, 0.15) is 0 Å². The molecule has 3 heteroatoms. The van der Waals surface area contributed by atoms with Crippen molar-refractivity contribution in [3.05, 3.63) is 176 Å². The number of hydrogen-bond donors (Lipinski definition) is 0. The summed E-state index contributed by atoms with van der Waals surface area (Å²) in [6.07, 6.45) is 0. The number of benzene rings is 8. The molecule has 3 nitrogen and oxygen atoms in total. The smallest absolute Gasteiger partial charge is 0.138 e. The zero-order chi connectivity index (χ0) is 33.9. The minimum Gasteiger partial charge on any atom is -0.309 e. The van der Waals surface area contributed by atoms with E-state index in [9.17, 15) is 0 Å². The van der Waals surface area contributed by atoms with Crippen LogP contribution in [0.3, 0.4) is 0 Å². The van der Waals surface area contributed by atoms with Crippen molar-refractivity contribution in [3.8, 4) is 45.0 Å². The van der Waals surface area contributed by atoms with E-state index < -0.39 is 0 Å². The Hall–Kier alpha value is -6.97. The molecule has 0 aliphatic heterocycles. The second-order valence-corrected chi connectivity index (χ2v) is 13.9. The van der Waals surface area contributed by atoms with Crippen LogP contribution in [0, 0.1) is 0 Å². The standard InChI is InChI=1S/C49H29N3/c1-2-12-34(13-3-1)51-42-19-8-6-15-37(42)41-28-31(22-25-44(41)51)30-21-24-35-32(27-30)23-26-45-48(35)40-17-7-9-20-43(40)52(45)46-29-33-11-10-18-38-36-14-4-5-16-39(36)49(50-46)47(33)38/h1-29H. The first-order valence-corrected chi connectivity index (χ1v) is 17.9. The number of pyridine rings is 1. The SMILES string of the molecule is c1ccc(-n2c3ccccc3c3cc(-c4ccc5c(ccc6c5c5ccccc5n6-c5cc6cccc7c6c(n5)-c5ccccc5-7)c4)ccc32)cc1. The fourth-order valence-corrected chi connectivity index (χ4v) is 8.99. The Labute approximate surface area is 299 Å². The van der Waals surface area contributed by atoms with Crippen LogP contribution in [-0.2, 0) is 0 Å². The highest BCUT2D eigenvalue weighted by Crippen LogP contribution is 2.47. The van der Waals surface area contributed by atoms with Gasteiger partial charge in [0.25, 0.3) is 0 Å². The first kappa shape index (κ1) is 27.8. The van der Waals surface area contributed by atoms with Crippen molar-refractivity contribution in [3.63, 3.8) is 0 Å². The third-order valence-corrected chi connectivity index (χ3v) is 11.2. The van der Waals surface area contributed by atoms with E-state index in [1.807, 2.05) is 0 Å². The van der Waals surface area contributed by atoms with Crippen LogP contribution in [0.5, 0.6) is 0 Å². The largest absolute Gasteiger partial charge is 0.309 e. The van der Waals surface area contributed by atoms with Crippen LogP contribution in [0.25, 0.3) is 110 Å². The van der Waals surface area contributed by atoms with Crippen molar-refractivity contribution in [1.29, 1.82) is 0 Å². The van der Waals surface area contributed by atoms with E-state index in [4.69, 9.17) is 4.98 Å². The van der Waals surface area contributed by atoms with Gasteiger partial charge in [-0.3, -0.25) is 4.57 Å². The van der Waals surface area contributed by atoms with Gasteiger partial charge in [-0.05, 0) is 93.0 Å². The molecular formula is C49H29N3. The summed E-state index contributed by atoms with van der Waals surface area (Å²) in [4.78, 5) is 5.42. The minimum absolute atomic E-state index is 0.946. The molecule has 3 aromatic heterocycles. The topological polar surface area (TPSA) is 22.8 Å². The third-order valence-electron chi connectivity index (χ3n) is 11.2. The van der Waals surface area contributed by atoms with Crippen molar-refractivity contribution < 1.29 is 0 Å². The monoisotopic (exact) mass is 659 g/mol. The summed E-state index contributed by atoms with van der Waals surface area (Å²) in [5, 5.41) is 9.95. The van der Waals surface area contributed by atoms with E-state index in [0.29, 0.717) is 0 Å². The Morgan fingerprint density at radius 3 is 1.90 bits per heavy atom. The zero-order valence-electron chi connectivity index (χ0n) is 28.1. The first-order chi connectivity index (χ1) is 25.8. The van der Waals surface area contributed by atoms with E-state index in [1.54, 1.807) is 0 Å². The van der Waals surface area contributed by atoms with E-state index >= 15 is 0 Å². The molecule has 11 aromatic rings. The molecule has 0 radical (unpaired) electrons. The Balaban J connectivity index is 1.05. The highest BCUT2D eigenvalue weighted by atomic mass is 15.1. The molecule has 1 aliphatic rings. The normalized spacial score (nSPS) is 12.2. The van der Waals surface area contributed by atoms with Crippen molar-refractivity contribution in [2.45, 2.75) is 0 Å². The third kappa shape index (κ3) is 3.72. The Kier molecular flexibility index (Phi) is 5.50. The van der Waals surface area contributed by atoms with Crippen LogP contribution in [0.15, 0.2) is 176 Å². The van der Waals surface area contributed by atoms with Gasteiger partial charge in [0.15, 0.2) is 0 Å². The van der Waals surface area contributed by atoms with Gasteiger partial charge in [0.05, 0.1) is 27.8 Å². The predicted molar refractivity (Wildman–Crippen MR) is 218 cm³/mol. The zero-order valence-corrected chi connectivity index (χ0v) is 28.1. The highest BCUT2D eigenvalue weighted by molar-refractivity contribution is 6.22. The molecule has 0 N–H and O–H groups in total. The van der Waals surface area contributed by atoms with Gasteiger partial charge in [-0.15, -0.1) is 0 Å². The van der Waals surface area contributed by atoms with E-state index in [2.05, 4.69) is 185 Å². The fraction of sp³-hybridized carbons (Fsp3) is 0. The van der Waals surface area contributed by atoms with Crippen molar-refractivity contribution in [2.24, 2.45) is 0 Å². The van der Waals surface area contributed by atoms with Gasteiger partial charge in [0.1, 0.15) is 5.82 Å². The molecule has 0 unspecified atom stereocenters. The molecule has 240 valence electrons. The lowest BCUT2D eigenvalue weighted by atomic mass is 9.97.